The van der Waals surface area contributed by atoms with Crippen LogP contribution in [-0.2, 0) is 19.3 Å². The highest BCUT2D eigenvalue weighted by molar-refractivity contribution is 7.84. The predicted octanol–water partition coefficient (Wildman–Crippen LogP) is -1.53. The van der Waals surface area contributed by atoms with Gasteiger partial charge in [0.1, 0.15) is 0 Å². The van der Waals surface area contributed by atoms with Gasteiger partial charge in [0.25, 0.3) is 0 Å². The van der Waals surface area contributed by atoms with Crippen molar-refractivity contribution in [2.24, 2.45) is 0 Å². The molecule has 1 rings (SSSR count). The molecule has 0 aromatic rings. The molecule has 1 fully saturated rings. The fourth-order valence-electron chi connectivity index (χ4n) is 0.850. The number of hydrogen-bond acceptors (Lipinski definition) is 5. The lowest BCUT2D eigenvalue weighted by Crippen LogP contribution is -2.48. The van der Waals surface area contributed by atoms with Gasteiger partial charge in [-0.05, 0) is 0 Å². The van der Waals surface area contributed by atoms with Gasteiger partial charge < -0.3 is 5.11 Å². The predicted molar refractivity (Wildman–Crippen MR) is 38.3 cm³/mol. The van der Waals surface area contributed by atoms with E-state index in [4.69, 9.17) is 5.11 Å². The number of hydrogen-bond donors (Lipinski definition) is 1. The van der Waals surface area contributed by atoms with Crippen molar-refractivity contribution in [1.29, 1.82) is 0 Å². The van der Waals surface area contributed by atoms with Crippen molar-refractivity contribution >= 4 is 16.2 Å². The molecule has 1 saturated heterocycles. The summed E-state index contributed by atoms with van der Waals surface area (Å²) in [5.41, 5.74) is 0. The number of amides is 1. The number of rotatable bonds is 0. The van der Waals surface area contributed by atoms with Gasteiger partial charge in [-0.15, -0.1) is 0 Å². The molecular weight excluding hydrogens is 186 g/mol. The molecule has 0 saturated carbocycles. The smallest absolute Gasteiger partial charge is 0.364 e. The Morgan fingerprint density at radius 3 is 2.67 bits per heavy atom. The molecule has 1 heterocycles. The van der Waals surface area contributed by atoms with Gasteiger partial charge in [-0.3, -0.25) is 8.98 Å². The van der Waals surface area contributed by atoms with Crippen LogP contribution >= 0.6 is 0 Å². The summed E-state index contributed by atoms with van der Waals surface area (Å²) in [5, 5.41) is 8.98. The zero-order valence-corrected chi connectivity index (χ0v) is 7.24. The van der Waals surface area contributed by atoms with E-state index in [0.717, 1.165) is 6.92 Å². The summed E-state index contributed by atoms with van der Waals surface area (Å²) in [6, 6.07) is 0. The van der Waals surface area contributed by atoms with Crippen LogP contribution in [0.25, 0.3) is 0 Å². The third-order valence-electron chi connectivity index (χ3n) is 1.41. The summed E-state index contributed by atoms with van der Waals surface area (Å²) >= 11 is 0. The fourth-order valence-corrected chi connectivity index (χ4v) is 1.98. The van der Waals surface area contributed by atoms with E-state index in [2.05, 4.69) is 4.18 Å². The minimum Gasteiger partial charge on any atom is -0.389 e. The minimum absolute atomic E-state index is 0.225. The summed E-state index contributed by atoms with van der Waals surface area (Å²) in [7, 11) is -3.93. The first-order chi connectivity index (χ1) is 5.43. The maximum Gasteiger partial charge on any atom is 0.364 e. The topological polar surface area (TPSA) is 83.9 Å². The molecule has 1 amide bonds. The highest BCUT2D eigenvalue weighted by Crippen LogP contribution is 2.11. The maximum absolute atomic E-state index is 10.9. The van der Waals surface area contributed by atoms with Crippen molar-refractivity contribution < 1.29 is 22.5 Å². The molecule has 1 N–H and O–H groups in total. The summed E-state index contributed by atoms with van der Waals surface area (Å²) < 4.78 is 26.7. The second kappa shape index (κ2) is 3.00. The quantitative estimate of drug-likeness (QED) is 0.507. The zero-order valence-electron chi connectivity index (χ0n) is 6.43. The van der Waals surface area contributed by atoms with Gasteiger partial charge in [-0.1, -0.05) is 0 Å². The van der Waals surface area contributed by atoms with Gasteiger partial charge in [0.05, 0.1) is 19.3 Å². The molecule has 0 aromatic carbocycles. The lowest BCUT2D eigenvalue weighted by molar-refractivity contribution is -0.126. The standard InChI is InChI=1S/C5H9NO5S/c1-4(7)6-2-5(8)3-11-12(6,9)10/h5,8H,2-3H2,1H3. The Bertz CT molecular complexity index is 284. The number of aliphatic hydroxyl groups is 1. The van der Waals surface area contributed by atoms with Crippen LogP contribution in [0.1, 0.15) is 6.92 Å². The number of carbonyl (C=O) groups excluding carboxylic acids is 1. The molecule has 1 aliphatic rings. The van der Waals surface area contributed by atoms with Gasteiger partial charge in [0, 0.05) is 6.92 Å². The first kappa shape index (κ1) is 9.43. The SMILES string of the molecule is CC(=O)N1CC(O)COS1(=O)=O. The lowest BCUT2D eigenvalue weighted by Gasteiger charge is -2.27. The Hall–Kier alpha value is -0.660. The maximum atomic E-state index is 10.9. The fraction of sp³-hybridized carbons (Fsp3) is 0.800. The van der Waals surface area contributed by atoms with Crippen molar-refractivity contribution in [2.75, 3.05) is 13.2 Å². The van der Waals surface area contributed by atoms with Crippen LogP contribution in [0.2, 0.25) is 0 Å². The van der Waals surface area contributed by atoms with E-state index in [0.29, 0.717) is 4.31 Å². The third kappa shape index (κ3) is 1.74. The largest absolute Gasteiger partial charge is 0.389 e. The van der Waals surface area contributed by atoms with Crippen LogP contribution in [0, 0.1) is 0 Å². The molecule has 1 unspecified atom stereocenters. The van der Waals surface area contributed by atoms with E-state index in [1.54, 1.807) is 0 Å². The Morgan fingerprint density at radius 1 is 1.67 bits per heavy atom. The van der Waals surface area contributed by atoms with Gasteiger partial charge in [-0.2, -0.15) is 8.42 Å². The average molecular weight is 195 g/mol. The van der Waals surface area contributed by atoms with Crippen molar-refractivity contribution in [3.8, 4) is 0 Å². The highest BCUT2D eigenvalue weighted by atomic mass is 32.2. The molecule has 0 radical (unpaired) electrons. The molecule has 0 aliphatic carbocycles. The van der Waals surface area contributed by atoms with Crippen LogP contribution in [0.4, 0.5) is 0 Å². The van der Waals surface area contributed by atoms with Crippen molar-refractivity contribution in [2.45, 2.75) is 13.0 Å². The van der Waals surface area contributed by atoms with Crippen LogP contribution < -0.4 is 0 Å². The Morgan fingerprint density at radius 2 is 2.25 bits per heavy atom. The van der Waals surface area contributed by atoms with E-state index >= 15 is 0 Å². The second-order valence-electron chi connectivity index (χ2n) is 2.45. The van der Waals surface area contributed by atoms with Crippen molar-refractivity contribution in [1.82, 2.24) is 4.31 Å². The van der Waals surface area contributed by atoms with Crippen LogP contribution in [0.3, 0.4) is 0 Å². The number of carbonyl (C=O) groups is 1. The molecule has 6 nitrogen and oxygen atoms in total. The van der Waals surface area contributed by atoms with Crippen molar-refractivity contribution in [3.05, 3.63) is 0 Å². The molecular formula is C5H9NO5S. The zero-order chi connectivity index (χ0) is 9.35. The van der Waals surface area contributed by atoms with E-state index in [9.17, 15) is 13.2 Å². The van der Waals surface area contributed by atoms with Crippen LogP contribution in [0.15, 0.2) is 0 Å². The molecule has 0 spiro atoms. The Balaban J connectivity index is 2.87. The van der Waals surface area contributed by atoms with Gasteiger partial charge in [0.2, 0.25) is 5.91 Å². The minimum atomic E-state index is -3.93. The molecule has 7 heteroatoms. The molecule has 1 atom stereocenters. The Labute approximate surface area is 70.0 Å². The van der Waals surface area contributed by atoms with Gasteiger partial charge >= 0.3 is 10.3 Å². The average Bonchev–Trinajstić information content (AvgIpc) is 1.94. The van der Waals surface area contributed by atoms with E-state index in [1.807, 2.05) is 0 Å². The summed E-state index contributed by atoms with van der Waals surface area (Å²) in [5.74, 6) is -0.659. The first-order valence-corrected chi connectivity index (χ1v) is 4.66. The van der Waals surface area contributed by atoms with E-state index in [1.165, 1.54) is 0 Å². The van der Waals surface area contributed by atoms with Crippen molar-refractivity contribution in [3.63, 3.8) is 0 Å². The molecule has 12 heavy (non-hydrogen) atoms. The normalized spacial score (nSPS) is 28.5. The molecule has 1 aliphatic heterocycles. The van der Waals surface area contributed by atoms with E-state index < -0.39 is 22.3 Å². The third-order valence-corrected chi connectivity index (χ3v) is 2.79. The highest BCUT2D eigenvalue weighted by Gasteiger charge is 2.33. The summed E-state index contributed by atoms with van der Waals surface area (Å²) in [6.07, 6.45) is -0.933. The Kier molecular flexibility index (Phi) is 2.36. The second-order valence-corrected chi connectivity index (χ2v) is 3.98. The van der Waals surface area contributed by atoms with Gasteiger partial charge in [-0.25, -0.2) is 4.31 Å². The molecule has 0 bridgehead atoms. The van der Waals surface area contributed by atoms with E-state index in [-0.39, 0.29) is 13.2 Å². The number of aliphatic hydroxyl groups excluding tert-OH is 1. The summed E-state index contributed by atoms with van der Waals surface area (Å²) in [6.45, 7) is 0.586. The molecule has 0 aromatic heterocycles. The van der Waals surface area contributed by atoms with Crippen LogP contribution in [-0.4, -0.2) is 43.0 Å². The van der Waals surface area contributed by atoms with Crippen LogP contribution in [0.5, 0.6) is 0 Å². The first-order valence-electron chi connectivity index (χ1n) is 3.29. The number of nitrogens with zero attached hydrogens (tertiary/aromatic N) is 1. The monoisotopic (exact) mass is 195 g/mol. The lowest BCUT2D eigenvalue weighted by atomic mass is 10.4. The number of β-amino-alcohol motifs (C(OH)–C–C–N with tert-alkyl or cyclic N) is 1. The molecule has 70 valence electrons. The summed E-state index contributed by atoms with van der Waals surface area (Å²) in [4.78, 5) is 10.7. The van der Waals surface area contributed by atoms with Gasteiger partial charge in [0.15, 0.2) is 0 Å².